The first-order chi connectivity index (χ1) is 14.2. The van der Waals surface area contributed by atoms with Gasteiger partial charge in [0.2, 0.25) is 5.70 Å². The zero-order valence-electron chi connectivity index (χ0n) is 15.7. The number of H-pyrrole nitrogens is 1. The third-order valence-corrected chi connectivity index (χ3v) is 5.20. The lowest BCUT2D eigenvalue weighted by atomic mass is 10.2. The van der Waals surface area contributed by atoms with Gasteiger partial charge in [0, 0.05) is 24.3 Å². The van der Waals surface area contributed by atoms with E-state index in [9.17, 15) is 9.90 Å². The van der Waals surface area contributed by atoms with Crippen molar-refractivity contribution in [2.24, 2.45) is 5.10 Å². The number of aliphatic hydroxyl groups is 1. The van der Waals surface area contributed by atoms with Crippen LogP contribution >= 0.6 is 0 Å². The molecule has 8 nitrogen and oxygen atoms in total. The molecule has 8 heteroatoms. The van der Waals surface area contributed by atoms with Gasteiger partial charge >= 0.3 is 0 Å². The van der Waals surface area contributed by atoms with Crippen molar-refractivity contribution in [2.45, 2.75) is 12.5 Å². The number of para-hydroxylation sites is 2. The van der Waals surface area contributed by atoms with Crippen LogP contribution in [0.5, 0.6) is 0 Å². The highest BCUT2D eigenvalue weighted by Crippen LogP contribution is 2.21. The number of anilines is 1. The van der Waals surface area contributed by atoms with Gasteiger partial charge in [-0.3, -0.25) is 4.79 Å². The second-order valence-corrected chi connectivity index (χ2v) is 7.24. The number of rotatable bonds is 3. The first-order valence-corrected chi connectivity index (χ1v) is 9.58. The van der Waals surface area contributed by atoms with Gasteiger partial charge in [-0.25, -0.2) is 4.98 Å². The van der Waals surface area contributed by atoms with Crippen LogP contribution in [-0.2, 0) is 0 Å². The third-order valence-electron chi connectivity index (χ3n) is 5.20. The number of nitrogens with one attached hydrogen (secondary N) is 2. The van der Waals surface area contributed by atoms with Gasteiger partial charge in [-0.1, -0.05) is 17.2 Å². The summed E-state index contributed by atoms with van der Waals surface area (Å²) in [5.74, 6) is 0.987. The molecule has 0 spiro atoms. The number of amides is 1. The maximum Gasteiger partial charge on any atom is 0.256 e. The van der Waals surface area contributed by atoms with Crippen LogP contribution in [0.1, 0.15) is 22.6 Å². The second kappa shape index (κ2) is 7.16. The number of aromatic nitrogens is 2. The van der Waals surface area contributed by atoms with Gasteiger partial charge in [0.25, 0.3) is 5.91 Å². The van der Waals surface area contributed by atoms with Gasteiger partial charge in [-0.2, -0.15) is 5.43 Å². The molecule has 2 aliphatic heterocycles. The lowest BCUT2D eigenvalue weighted by Gasteiger charge is -2.17. The summed E-state index contributed by atoms with van der Waals surface area (Å²) in [7, 11) is 0. The Hall–Kier alpha value is -3.49. The van der Waals surface area contributed by atoms with E-state index in [4.69, 9.17) is 0 Å². The number of imidazole rings is 1. The van der Waals surface area contributed by atoms with E-state index in [-0.39, 0.29) is 12.0 Å². The van der Waals surface area contributed by atoms with Gasteiger partial charge in [0.15, 0.2) is 11.7 Å². The molecule has 1 atom stereocenters. The van der Waals surface area contributed by atoms with E-state index in [1.54, 1.807) is 23.6 Å². The predicted molar refractivity (Wildman–Crippen MR) is 110 cm³/mol. The van der Waals surface area contributed by atoms with Crippen LogP contribution in [0.2, 0.25) is 0 Å². The zero-order chi connectivity index (χ0) is 19.8. The molecule has 1 fully saturated rings. The monoisotopic (exact) mass is 389 g/mol. The summed E-state index contributed by atoms with van der Waals surface area (Å²) in [5.41, 5.74) is 5.92. The first-order valence-electron chi connectivity index (χ1n) is 9.58. The Balaban J connectivity index is 1.26. The standard InChI is InChI=1S/C21H20N6O2/c28-15-9-10-27(12-15)14-7-5-13(6-8-14)21(29)24-19-11-18(25-26-19)20-22-16-3-1-2-4-17(16)23-20/h1-8,11,15,28H,9-10,12H2,(H,22,23)(H2,24,25,26,29)/p+1/t15-/m1/s1. The van der Waals surface area contributed by atoms with E-state index in [1.165, 1.54) is 0 Å². The summed E-state index contributed by atoms with van der Waals surface area (Å²) in [6.45, 7) is 1.46. The Morgan fingerprint density at radius 1 is 1.21 bits per heavy atom. The van der Waals surface area contributed by atoms with Gasteiger partial charge in [0.1, 0.15) is 0 Å². The lowest BCUT2D eigenvalue weighted by molar-refractivity contribution is -0.566. The van der Waals surface area contributed by atoms with Crippen LogP contribution in [0.3, 0.4) is 0 Å². The zero-order valence-corrected chi connectivity index (χ0v) is 15.7. The minimum absolute atomic E-state index is 0.215. The molecule has 2 aromatic carbocycles. The molecule has 0 saturated carbocycles. The van der Waals surface area contributed by atoms with Gasteiger partial charge < -0.3 is 20.3 Å². The topological polar surface area (TPSA) is 110 Å². The number of hydrogen-bond donors (Lipinski definition) is 4. The summed E-state index contributed by atoms with van der Waals surface area (Å²) in [5, 5.41) is 16.8. The fourth-order valence-corrected chi connectivity index (χ4v) is 3.64. The highest BCUT2D eigenvalue weighted by molar-refractivity contribution is 6.12. The SMILES string of the molecule is O=C(NC1=N[NH2+]C(c2nc3ccccc3[nH]2)=C1)c1ccc(N2CC[C@@H](O)C2)cc1. The smallest absolute Gasteiger partial charge is 0.256 e. The van der Waals surface area contributed by atoms with E-state index >= 15 is 0 Å². The molecule has 5 rings (SSSR count). The van der Waals surface area contributed by atoms with Crippen molar-refractivity contribution < 1.29 is 15.3 Å². The van der Waals surface area contributed by atoms with Crippen molar-refractivity contribution in [3.05, 3.63) is 66.0 Å². The highest BCUT2D eigenvalue weighted by atomic mass is 16.3. The summed E-state index contributed by atoms with van der Waals surface area (Å²) < 4.78 is 0. The maximum absolute atomic E-state index is 12.6. The van der Waals surface area contributed by atoms with Crippen molar-refractivity contribution in [2.75, 3.05) is 18.0 Å². The minimum atomic E-state index is -0.276. The molecule has 29 heavy (non-hydrogen) atoms. The number of carbonyl (C=O) groups is 1. The van der Waals surface area contributed by atoms with E-state index < -0.39 is 0 Å². The number of benzene rings is 2. The number of nitrogens with zero attached hydrogens (tertiary/aromatic N) is 3. The molecular weight excluding hydrogens is 368 g/mol. The molecular formula is C21H21N6O2+. The number of aromatic amines is 1. The molecule has 2 aliphatic rings. The Morgan fingerprint density at radius 3 is 2.79 bits per heavy atom. The number of hydrogen-bond acceptors (Lipinski definition) is 5. The fraction of sp³-hybridized carbons (Fsp3) is 0.190. The number of nitrogens with two attached hydrogens (primary N) is 1. The highest BCUT2D eigenvalue weighted by Gasteiger charge is 2.22. The minimum Gasteiger partial charge on any atom is -0.391 e. The van der Waals surface area contributed by atoms with Crippen molar-refractivity contribution >= 4 is 34.2 Å². The Bertz CT molecular complexity index is 1100. The largest absolute Gasteiger partial charge is 0.391 e. The third kappa shape index (κ3) is 3.51. The maximum atomic E-state index is 12.6. The molecule has 0 aliphatic carbocycles. The normalized spacial score (nSPS) is 18.8. The Morgan fingerprint density at radius 2 is 2.03 bits per heavy atom. The van der Waals surface area contributed by atoms with Crippen molar-refractivity contribution in [3.8, 4) is 0 Å². The number of aliphatic hydroxyl groups excluding tert-OH is 1. The molecule has 0 unspecified atom stereocenters. The molecule has 5 N–H and O–H groups in total. The van der Waals surface area contributed by atoms with Crippen molar-refractivity contribution in [1.29, 1.82) is 0 Å². The van der Waals surface area contributed by atoms with Crippen LogP contribution in [0.4, 0.5) is 5.69 Å². The molecule has 0 bridgehead atoms. The quantitative estimate of drug-likeness (QED) is 0.497. The number of carbonyl (C=O) groups excluding carboxylic acids is 1. The number of fused-ring (bicyclic) bond motifs is 1. The summed E-state index contributed by atoms with van der Waals surface area (Å²) in [6.07, 6.45) is 2.30. The molecule has 3 heterocycles. The molecule has 1 amide bonds. The Kier molecular flexibility index (Phi) is 4.34. The second-order valence-electron chi connectivity index (χ2n) is 7.24. The number of quaternary nitrogens is 1. The van der Waals surface area contributed by atoms with E-state index in [2.05, 4.69) is 25.3 Å². The Labute approximate surface area is 166 Å². The average Bonchev–Trinajstić information content (AvgIpc) is 3.47. The molecule has 146 valence electrons. The van der Waals surface area contributed by atoms with Crippen molar-refractivity contribution in [3.63, 3.8) is 0 Å². The molecule has 0 radical (unpaired) electrons. The summed E-state index contributed by atoms with van der Waals surface area (Å²) >= 11 is 0. The summed E-state index contributed by atoms with van der Waals surface area (Å²) in [6, 6.07) is 15.2. The average molecular weight is 389 g/mol. The van der Waals surface area contributed by atoms with Crippen molar-refractivity contribution in [1.82, 2.24) is 15.3 Å². The van der Waals surface area contributed by atoms with Gasteiger partial charge in [-0.15, -0.1) is 0 Å². The molecule has 1 saturated heterocycles. The first kappa shape index (κ1) is 17.6. The molecule has 1 aromatic heterocycles. The predicted octanol–water partition coefficient (Wildman–Crippen LogP) is 0.795. The van der Waals surface area contributed by atoms with Gasteiger partial charge in [0.05, 0.1) is 23.2 Å². The van der Waals surface area contributed by atoms with Crippen LogP contribution < -0.4 is 15.6 Å². The van der Waals surface area contributed by atoms with Gasteiger partial charge in [-0.05, 0) is 42.8 Å². The van der Waals surface area contributed by atoms with E-state index in [0.717, 1.165) is 41.2 Å². The lowest BCUT2D eigenvalue weighted by Crippen LogP contribution is -2.73. The van der Waals surface area contributed by atoms with Crippen LogP contribution in [0, 0.1) is 0 Å². The summed E-state index contributed by atoms with van der Waals surface area (Å²) in [4.78, 5) is 22.5. The van der Waals surface area contributed by atoms with Crippen LogP contribution in [-0.4, -0.2) is 46.0 Å². The fourth-order valence-electron chi connectivity index (χ4n) is 3.64. The van der Waals surface area contributed by atoms with Crippen LogP contribution in [0.15, 0.2) is 59.7 Å². The molecule has 3 aromatic rings. The number of β-amino-alcohol motifs (C(OH)–C–C–N with tert-alkyl or cyclic N) is 1. The number of amidine groups is 1. The van der Waals surface area contributed by atoms with Crippen LogP contribution in [0.25, 0.3) is 16.7 Å². The van der Waals surface area contributed by atoms with E-state index in [1.807, 2.05) is 36.4 Å². The van der Waals surface area contributed by atoms with E-state index in [0.29, 0.717) is 17.9 Å².